The Hall–Kier alpha value is -0.620. The molecule has 1 atom stereocenters. The van der Waals surface area contributed by atoms with Crippen molar-refractivity contribution in [2.45, 2.75) is 26.8 Å². The summed E-state index contributed by atoms with van der Waals surface area (Å²) in [6.45, 7) is 5.68. The maximum Gasteiger partial charge on any atom is 0.237 e. The summed E-state index contributed by atoms with van der Waals surface area (Å²) in [6.07, 6.45) is 1.13. The molecule has 90 valence electrons. The van der Waals surface area contributed by atoms with Gasteiger partial charge in [0, 0.05) is 12.8 Å². The smallest absolute Gasteiger partial charge is 0.237 e. The first-order chi connectivity index (χ1) is 6.54. The van der Waals surface area contributed by atoms with E-state index < -0.39 is 15.9 Å². The molecule has 0 aromatic heterocycles. The number of hydrogen-bond acceptors (Lipinski definition) is 4. The van der Waals surface area contributed by atoms with Crippen molar-refractivity contribution in [3.8, 4) is 0 Å². The molecule has 0 saturated heterocycles. The molecule has 0 aliphatic carbocycles. The van der Waals surface area contributed by atoms with Crippen LogP contribution in [0, 0.1) is 5.41 Å². The molecular formula is C9H20N2O3S. The molecule has 0 aliphatic rings. The number of carbonyl (C=O) groups is 1. The fraction of sp³-hybridized carbons (Fsp3) is 0.889. The fourth-order valence-corrected chi connectivity index (χ4v) is 1.34. The first kappa shape index (κ1) is 14.4. The molecule has 1 amide bonds. The van der Waals surface area contributed by atoms with E-state index in [2.05, 4.69) is 5.32 Å². The average Bonchev–Trinajstić information content (AvgIpc) is 1.98. The molecule has 0 unspecified atom stereocenters. The Morgan fingerprint density at radius 1 is 1.40 bits per heavy atom. The molecule has 0 aliphatic heterocycles. The molecule has 0 bridgehead atoms. The SMILES string of the molecule is CC(C)(C)[C@@H](N)C(=O)NCCS(C)(=O)=O. The highest BCUT2D eigenvalue weighted by atomic mass is 32.2. The van der Waals surface area contributed by atoms with Crippen LogP contribution in [0.4, 0.5) is 0 Å². The molecule has 0 radical (unpaired) electrons. The topological polar surface area (TPSA) is 89.3 Å². The molecule has 0 fully saturated rings. The van der Waals surface area contributed by atoms with E-state index in [0.717, 1.165) is 6.26 Å². The first-order valence-corrected chi connectivity index (χ1v) is 6.81. The summed E-state index contributed by atoms with van der Waals surface area (Å²) in [5.41, 5.74) is 5.36. The lowest BCUT2D eigenvalue weighted by atomic mass is 9.87. The van der Waals surface area contributed by atoms with Gasteiger partial charge < -0.3 is 11.1 Å². The summed E-state index contributed by atoms with van der Waals surface area (Å²) in [7, 11) is -3.04. The lowest BCUT2D eigenvalue weighted by Crippen LogP contribution is -2.49. The summed E-state index contributed by atoms with van der Waals surface area (Å²) in [5.74, 6) is -0.374. The van der Waals surface area contributed by atoms with Gasteiger partial charge >= 0.3 is 0 Å². The Labute approximate surface area is 91.3 Å². The molecular weight excluding hydrogens is 216 g/mol. The van der Waals surface area contributed by atoms with Crippen molar-refractivity contribution in [2.24, 2.45) is 11.1 Å². The van der Waals surface area contributed by atoms with E-state index in [1.165, 1.54) is 0 Å². The van der Waals surface area contributed by atoms with Crippen LogP contribution in [0.2, 0.25) is 0 Å². The van der Waals surface area contributed by atoms with Crippen molar-refractivity contribution < 1.29 is 13.2 Å². The van der Waals surface area contributed by atoms with E-state index in [4.69, 9.17) is 5.73 Å². The molecule has 3 N–H and O–H groups in total. The number of carbonyl (C=O) groups excluding carboxylic acids is 1. The lowest BCUT2D eigenvalue weighted by Gasteiger charge is -2.25. The van der Waals surface area contributed by atoms with Crippen LogP contribution in [0.25, 0.3) is 0 Å². The van der Waals surface area contributed by atoms with Crippen LogP contribution in [0.3, 0.4) is 0 Å². The second-order valence-electron chi connectivity index (χ2n) is 4.76. The van der Waals surface area contributed by atoms with Crippen LogP contribution < -0.4 is 11.1 Å². The van der Waals surface area contributed by atoms with Crippen molar-refractivity contribution in [1.29, 1.82) is 0 Å². The van der Waals surface area contributed by atoms with Gasteiger partial charge in [-0.1, -0.05) is 20.8 Å². The van der Waals surface area contributed by atoms with Gasteiger partial charge in [0.1, 0.15) is 9.84 Å². The maximum atomic E-state index is 11.4. The highest BCUT2D eigenvalue weighted by molar-refractivity contribution is 7.90. The maximum absolute atomic E-state index is 11.4. The van der Waals surface area contributed by atoms with Crippen molar-refractivity contribution in [1.82, 2.24) is 5.32 Å². The predicted molar refractivity (Wildman–Crippen MR) is 60.2 cm³/mol. The van der Waals surface area contributed by atoms with Gasteiger partial charge in [-0.3, -0.25) is 4.79 Å². The van der Waals surface area contributed by atoms with Gasteiger partial charge in [0.25, 0.3) is 0 Å². The van der Waals surface area contributed by atoms with Gasteiger partial charge in [-0.15, -0.1) is 0 Å². The third-order valence-electron chi connectivity index (χ3n) is 1.99. The normalized spacial score (nSPS) is 14.7. The molecule has 0 rings (SSSR count). The van der Waals surface area contributed by atoms with Crippen LogP contribution in [0.1, 0.15) is 20.8 Å². The zero-order valence-corrected chi connectivity index (χ0v) is 10.5. The molecule has 15 heavy (non-hydrogen) atoms. The van der Waals surface area contributed by atoms with Crippen molar-refractivity contribution in [3.05, 3.63) is 0 Å². The molecule has 5 nitrogen and oxygen atoms in total. The Balaban J connectivity index is 4.07. The second-order valence-corrected chi connectivity index (χ2v) is 7.02. The highest BCUT2D eigenvalue weighted by Gasteiger charge is 2.27. The number of rotatable bonds is 4. The van der Waals surface area contributed by atoms with Gasteiger partial charge in [0.2, 0.25) is 5.91 Å². The zero-order valence-electron chi connectivity index (χ0n) is 9.70. The van der Waals surface area contributed by atoms with E-state index >= 15 is 0 Å². The molecule has 0 saturated carbocycles. The van der Waals surface area contributed by atoms with Crippen LogP contribution >= 0.6 is 0 Å². The minimum absolute atomic E-state index is 0.0599. The highest BCUT2D eigenvalue weighted by Crippen LogP contribution is 2.16. The average molecular weight is 236 g/mol. The largest absolute Gasteiger partial charge is 0.354 e. The summed E-state index contributed by atoms with van der Waals surface area (Å²) in [4.78, 5) is 11.4. The van der Waals surface area contributed by atoms with E-state index in [1.807, 2.05) is 20.8 Å². The van der Waals surface area contributed by atoms with Gasteiger partial charge in [-0.25, -0.2) is 8.42 Å². The lowest BCUT2D eigenvalue weighted by molar-refractivity contribution is -0.124. The van der Waals surface area contributed by atoms with Crippen LogP contribution in [0.15, 0.2) is 0 Å². The van der Waals surface area contributed by atoms with Crippen LogP contribution in [-0.4, -0.2) is 38.9 Å². The molecule has 0 heterocycles. The van der Waals surface area contributed by atoms with Crippen molar-refractivity contribution in [2.75, 3.05) is 18.6 Å². The number of amides is 1. The van der Waals surface area contributed by atoms with E-state index in [9.17, 15) is 13.2 Å². The summed E-state index contributed by atoms with van der Waals surface area (Å²) in [5, 5.41) is 2.50. The summed E-state index contributed by atoms with van der Waals surface area (Å²) >= 11 is 0. The number of nitrogens with two attached hydrogens (primary N) is 1. The Morgan fingerprint density at radius 2 is 1.87 bits per heavy atom. The third kappa shape index (κ3) is 6.46. The molecule has 0 spiro atoms. The van der Waals surface area contributed by atoms with Gasteiger partial charge in [-0.05, 0) is 5.41 Å². The quantitative estimate of drug-likeness (QED) is 0.690. The van der Waals surface area contributed by atoms with Crippen molar-refractivity contribution in [3.63, 3.8) is 0 Å². The number of hydrogen-bond donors (Lipinski definition) is 2. The number of nitrogens with one attached hydrogen (secondary N) is 1. The Kier molecular flexibility index (Phi) is 4.73. The first-order valence-electron chi connectivity index (χ1n) is 4.75. The second kappa shape index (κ2) is 4.94. The van der Waals surface area contributed by atoms with Crippen molar-refractivity contribution >= 4 is 15.7 Å². The van der Waals surface area contributed by atoms with E-state index in [-0.39, 0.29) is 23.6 Å². The monoisotopic (exact) mass is 236 g/mol. The van der Waals surface area contributed by atoms with Gasteiger partial charge in [0.15, 0.2) is 0 Å². The van der Waals surface area contributed by atoms with E-state index in [1.54, 1.807) is 0 Å². The standard InChI is InChI=1S/C9H20N2O3S/c1-9(2,3)7(10)8(12)11-5-6-15(4,13)14/h7H,5-6,10H2,1-4H3,(H,11,12)/t7-/m0/s1. The van der Waals surface area contributed by atoms with Gasteiger partial charge in [-0.2, -0.15) is 0 Å². The van der Waals surface area contributed by atoms with Gasteiger partial charge in [0.05, 0.1) is 11.8 Å². The summed E-state index contributed by atoms with van der Waals surface area (Å²) in [6, 6.07) is -0.628. The molecule has 0 aromatic rings. The number of sulfone groups is 1. The molecule has 6 heteroatoms. The fourth-order valence-electron chi connectivity index (χ4n) is 0.863. The van der Waals surface area contributed by atoms with E-state index in [0.29, 0.717) is 0 Å². The zero-order chi connectivity index (χ0) is 12.3. The minimum atomic E-state index is -3.04. The van der Waals surface area contributed by atoms with Crippen LogP contribution in [-0.2, 0) is 14.6 Å². The summed E-state index contributed by atoms with van der Waals surface area (Å²) < 4.78 is 21.6. The minimum Gasteiger partial charge on any atom is -0.354 e. The molecule has 0 aromatic carbocycles. The van der Waals surface area contributed by atoms with Crippen LogP contribution in [0.5, 0.6) is 0 Å². The Morgan fingerprint density at radius 3 is 2.20 bits per heavy atom. The predicted octanol–water partition coefficient (Wildman–Crippen LogP) is -0.479. The third-order valence-corrected chi connectivity index (χ3v) is 2.93. The Bertz CT molecular complexity index is 317.